The Kier molecular flexibility index (Phi) is 3.53. The van der Waals surface area contributed by atoms with Gasteiger partial charge in [0.25, 0.3) is 0 Å². The molecule has 1 amide bonds. The third kappa shape index (κ3) is 3.29. The Bertz CT molecular complexity index is 213. The fraction of sp³-hybridized carbons (Fsp3) is 0.909. The molecular weight excluding hydrogens is 176 g/mol. The number of carbonyl (C=O) groups is 1. The maximum absolute atomic E-state index is 10.9. The number of amides is 1. The molecule has 0 aromatic rings. The van der Waals surface area contributed by atoms with Crippen molar-refractivity contribution < 1.29 is 4.79 Å². The van der Waals surface area contributed by atoms with Gasteiger partial charge in [-0.3, -0.25) is 4.79 Å². The number of nitrogens with two attached hydrogens (primary N) is 1. The number of hydrogen-bond donors (Lipinski definition) is 2. The predicted octanol–water partition coefficient (Wildman–Crippen LogP) is 1.42. The van der Waals surface area contributed by atoms with E-state index in [2.05, 4.69) is 19.2 Å². The Hall–Kier alpha value is -0.570. The molecule has 14 heavy (non-hydrogen) atoms. The summed E-state index contributed by atoms with van der Waals surface area (Å²) in [5, 5.41) is 3.30. The second-order valence-corrected chi connectivity index (χ2v) is 5.25. The standard InChI is InChI=1S/C11H22N2O/c1-8(10(12)14)13-9-5-4-6-11(2,3)7-9/h8-9,13H,4-7H2,1-3H3,(H2,12,14). The van der Waals surface area contributed by atoms with Crippen molar-refractivity contribution in [2.75, 3.05) is 0 Å². The van der Waals surface area contributed by atoms with Crippen LogP contribution in [0, 0.1) is 5.41 Å². The molecule has 3 N–H and O–H groups in total. The van der Waals surface area contributed by atoms with E-state index in [1.165, 1.54) is 19.3 Å². The third-order valence-corrected chi connectivity index (χ3v) is 3.12. The van der Waals surface area contributed by atoms with E-state index in [4.69, 9.17) is 5.73 Å². The highest BCUT2D eigenvalue weighted by Gasteiger charge is 2.28. The maximum Gasteiger partial charge on any atom is 0.234 e. The van der Waals surface area contributed by atoms with E-state index in [0.717, 1.165) is 6.42 Å². The molecule has 0 aromatic heterocycles. The molecule has 2 unspecified atom stereocenters. The Morgan fingerprint density at radius 2 is 2.21 bits per heavy atom. The lowest BCUT2D eigenvalue weighted by molar-refractivity contribution is -0.119. The summed E-state index contributed by atoms with van der Waals surface area (Å²) in [4.78, 5) is 10.9. The van der Waals surface area contributed by atoms with E-state index in [1.54, 1.807) is 0 Å². The van der Waals surface area contributed by atoms with Gasteiger partial charge in [0.15, 0.2) is 0 Å². The summed E-state index contributed by atoms with van der Waals surface area (Å²) in [7, 11) is 0. The Morgan fingerprint density at radius 3 is 2.71 bits per heavy atom. The molecule has 82 valence electrons. The molecule has 1 aliphatic rings. The Morgan fingerprint density at radius 1 is 1.57 bits per heavy atom. The van der Waals surface area contributed by atoms with Gasteiger partial charge in [0.2, 0.25) is 5.91 Å². The summed E-state index contributed by atoms with van der Waals surface area (Å²) in [5.41, 5.74) is 5.63. The predicted molar refractivity (Wildman–Crippen MR) is 57.8 cm³/mol. The number of carbonyl (C=O) groups excluding carboxylic acids is 1. The fourth-order valence-corrected chi connectivity index (χ4v) is 2.28. The summed E-state index contributed by atoms with van der Waals surface area (Å²) < 4.78 is 0. The van der Waals surface area contributed by atoms with E-state index >= 15 is 0 Å². The van der Waals surface area contributed by atoms with Gasteiger partial charge in [-0.2, -0.15) is 0 Å². The number of rotatable bonds is 3. The van der Waals surface area contributed by atoms with E-state index in [0.29, 0.717) is 11.5 Å². The highest BCUT2D eigenvalue weighted by atomic mass is 16.1. The number of hydrogen-bond acceptors (Lipinski definition) is 2. The molecule has 0 heterocycles. The zero-order valence-electron chi connectivity index (χ0n) is 9.47. The van der Waals surface area contributed by atoms with Crippen LogP contribution in [0.1, 0.15) is 46.5 Å². The lowest BCUT2D eigenvalue weighted by atomic mass is 9.75. The van der Waals surface area contributed by atoms with Crippen LogP contribution in [0.2, 0.25) is 0 Å². The molecule has 1 fully saturated rings. The minimum atomic E-state index is -0.256. The van der Waals surface area contributed by atoms with Gasteiger partial charge >= 0.3 is 0 Å². The van der Waals surface area contributed by atoms with Crippen LogP contribution in [-0.4, -0.2) is 18.0 Å². The number of primary amides is 1. The molecular formula is C11H22N2O. The summed E-state index contributed by atoms with van der Waals surface area (Å²) in [5.74, 6) is -0.256. The van der Waals surface area contributed by atoms with Crippen LogP contribution in [0.3, 0.4) is 0 Å². The highest BCUT2D eigenvalue weighted by Crippen LogP contribution is 2.35. The van der Waals surface area contributed by atoms with E-state index in [-0.39, 0.29) is 11.9 Å². The van der Waals surface area contributed by atoms with Crippen molar-refractivity contribution >= 4 is 5.91 Å². The molecule has 1 aliphatic carbocycles. The molecule has 0 spiro atoms. The molecule has 1 saturated carbocycles. The molecule has 0 radical (unpaired) electrons. The SMILES string of the molecule is CC(NC1CCCC(C)(C)C1)C(N)=O. The van der Waals surface area contributed by atoms with Crippen LogP contribution in [0.4, 0.5) is 0 Å². The van der Waals surface area contributed by atoms with Crippen LogP contribution in [-0.2, 0) is 4.79 Å². The second kappa shape index (κ2) is 4.30. The molecule has 3 nitrogen and oxygen atoms in total. The molecule has 0 saturated heterocycles. The Balaban J connectivity index is 2.42. The zero-order chi connectivity index (χ0) is 10.8. The first kappa shape index (κ1) is 11.5. The summed E-state index contributed by atoms with van der Waals surface area (Å²) >= 11 is 0. The summed E-state index contributed by atoms with van der Waals surface area (Å²) in [6.45, 7) is 6.41. The average Bonchev–Trinajstić information content (AvgIpc) is 2.01. The minimum absolute atomic E-state index is 0.200. The van der Waals surface area contributed by atoms with E-state index in [1.807, 2.05) is 6.92 Å². The molecule has 0 aromatic carbocycles. The third-order valence-electron chi connectivity index (χ3n) is 3.12. The van der Waals surface area contributed by atoms with Crippen molar-refractivity contribution in [1.82, 2.24) is 5.32 Å². The summed E-state index contributed by atoms with van der Waals surface area (Å²) in [6, 6.07) is 0.259. The van der Waals surface area contributed by atoms with Gasteiger partial charge in [0.05, 0.1) is 6.04 Å². The molecule has 0 aliphatic heterocycles. The van der Waals surface area contributed by atoms with Crippen LogP contribution in [0.15, 0.2) is 0 Å². The highest BCUT2D eigenvalue weighted by molar-refractivity contribution is 5.79. The summed E-state index contributed by atoms with van der Waals surface area (Å²) in [6.07, 6.45) is 4.85. The van der Waals surface area contributed by atoms with Crippen LogP contribution < -0.4 is 11.1 Å². The lowest BCUT2D eigenvalue weighted by Crippen LogP contribution is -2.47. The van der Waals surface area contributed by atoms with E-state index < -0.39 is 0 Å². The van der Waals surface area contributed by atoms with Crippen molar-refractivity contribution in [3.63, 3.8) is 0 Å². The van der Waals surface area contributed by atoms with E-state index in [9.17, 15) is 4.79 Å². The first-order valence-corrected chi connectivity index (χ1v) is 5.46. The van der Waals surface area contributed by atoms with Gasteiger partial charge in [0, 0.05) is 6.04 Å². The molecule has 0 bridgehead atoms. The smallest absolute Gasteiger partial charge is 0.234 e. The normalized spacial score (nSPS) is 28.4. The largest absolute Gasteiger partial charge is 0.368 e. The lowest BCUT2D eigenvalue weighted by Gasteiger charge is -2.36. The number of nitrogens with one attached hydrogen (secondary N) is 1. The van der Waals surface area contributed by atoms with Crippen molar-refractivity contribution in [3.05, 3.63) is 0 Å². The van der Waals surface area contributed by atoms with Crippen LogP contribution >= 0.6 is 0 Å². The zero-order valence-corrected chi connectivity index (χ0v) is 9.47. The van der Waals surface area contributed by atoms with Gasteiger partial charge < -0.3 is 11.1 Å². The fourth-order valence-electron chi connectivity index (χ4n) is 2.28. The first-order chi connectivity index (χ1) is 6.41. The van der Waals surface area contributed by atoms with Gasteiger partial charge in [-0.1, -0.05) is 20.3 Å². The van der Waals surface area contributed by atoms with Crippen molar-refractivity contribution in [2.24, 2.45) is 11.1 Å². The monoisotopic (exact) mass is 198 g/mol. The van der Waals surface area contributed by atoms with Crippen LogP contribution in [0.25, 0.3) is 0 Å². The van der Waals surface area contributed by atoms with Crippen molar-refractivity contribution in [1.29, 1.82) is 0 Å². The Labute approximate surface area is 86.4 Å². The molecule has 3 heteroatoms. The van der Waals surface area contributed by atoms with Gasteiger partial charge in [-0.25, -0.2) is 0 Å². The first-order valence-electron chi connectivity index (χ1n) is 5.46. The van der Waals surface area contributed by atoms with Gasteiger partial charge in [-0.05, 0) is 31.6 Å². The van der Waals surface area contributed by atoms with Crippen molar-refractivity contribution in [3.8, 4) is 0 Å². The van der Waals surface area contributed by atoms with Crippen molar-refractivity contribution in [2.45, 2.75) is 58.5 Å². The minimum Gasteiger partial charge on any atom is -0.368 e. The van der Waals surface area contributed by atoms with Gasteiger partial charge in [-0.15, -0.1) is 0 Å². The second-order valence-electron chi connectivity index (χ2n) is 5.25. The molecule has 2 atom stereocenters. The topological polar surface area (TPSA) is 55.1 Å². The van der Waals surface area contributed by atoms with Crippen LogP contribution in [0.5, 0.6) is 0 Å². The van der Waals surface area contributed by atoms with Gasteiger partial charge in [0.1, 0.15) is 0 Å². The maximum atomic E-state index is 10.9. The average molecular weight is 198 g/mol. The quantitative estimate of drug-likeness (QED) is 0.720. The molecule has 1 rings (SSSR count).